The van der Waals surface area contributed by atoms with Gasteiger partial charge in [-0.2, -0.15) is 0 Å². The Morgan fingerprint density at radius 3 is 2.38 bits per heavy atom. The van der Waals surface area contributed by atoms with Crippen LogP contribution in [0.4, 0.5) is 0 Å². The number of primary sulfonamides is 1. The molecule has 2 aromatic carbocycles. The first-order valence-electron chi connectivity index (χ1n) is 7.18. The number of aromatic nitrogens is 1. The Morgan fingerprint density at radius 2 is 1.75 bits per heavy atom. The maximum absolute atomic E-state index is 12.2. The van der Waals surface area contributed by atoms with E-state index in [-0.39, 0.29) is 10.5 Å². The molecule has 1 heterocycles. The molecule has 0 aliphatic heterocycles. The number of hydrogen-bond acceptors (Lipinski definition) is 4. The van der Waals surface area contributed by atoms with Gasteiger partial charge in [-0.3, -0.25) is 4.79 Å². The minimum absolute atomic E-state index is 0.0182. The molecule has 0 saturated heterocycles. The largest absolute Gasteiger partial charge is 0.497 e. The summed E-state index contributed by atoms with van der Waals surface area (Å²) in [7, 11) is -2.19. The van der Waals surface area contributed by atoms with E-state index < -0.39 is 10.0 Å². The van der Waals surface area contributed by atoms with Crippen molar-refractivity contribution in [1.29, 1.82) is 0 Å². The van der Waals surface area contributed by atoms with Crippen LogP contribution in [-0.2, 0) is 16.6 Å². The summed E-state index contributed by atoms with van der Waals surface area (Å²) in [6, 6.07) is 14.9. The smallest absolute Gasteiger partial charge is 0.251 e. The number of hydrogen-bond donors (Lipinski definition) is 1. The van der Waals surface area contributed by atoms with Gasteiger partial charge in [0.25, 0.3) is 5.56 Å². The summed E-state index contributed by atoms with van der Waals surface area (Å²) in [5.41, 5.74) is 1.41. The van der Waals surface area contributed by atoms with Crippen LogP contribution in [0.15, 0.2) is 64.3 Å². The van der Waals surface area contributed by atoms with Gasteiger partial charge < -0.3 is 9.30 Å². The molecule has 0 unspecified atom stereocenters. The number of fused-ring (bicyclic) bond motifs is 1. The number of benzene rings is 2. The fourth-order valence-corrected chi connectivity index (χ4v) is 3.08. The van der Waals surface area contributed by atoms with Crippen molar-refractivity contribution < 1.29 is 13.2 Å². The van der Waals surface area contributed by atoms with E-state index in [1.807, 2.05) is 24.3 Å². The second-order valence-electron chi connectivity index (χ2n) is 5.37. The van der Waals surface area contributed by atoms with E-state index in [0.717, 1.165) is 11.3 Å². The molecule has 0 fully saturated rings. The fourth-order valence-electron chi connectivity index (χ4n) is 2.54. The Hall–Kier alpha value is -2.64. The van der Waals surface area contributed by atoms with Crippen molar-refractivity contribution in [3.05, 3.63) is 70.5 Å². The number of ether oxygens (including phenoxy) is 1. The lowest BCUT2D eigenvalue weighted by atomic mass is 10.1. The molecule has 0 bridgehead atoms. The highest BCUT2D eigenvalue weighted by Crippen LogP contribution is 2.19. The predicted molar refractivity (Wildman–Crippen MR) is 91.7 cm³/mol. The topological polar surface area (TPSA) is 91.4 Å². The molecule has 2 N–H and O–H groups in total. The van der Waals surface area contributed by atoms with Crippen LogP contribution < -0.4 is 15.4 Å². The van der Waals surface area contributed by atoms with Gasteiger partial charge in [-0.1, -0.05) is 12.1 Å². The Balaban J connectivity index is 2.09. The van der Waals surface area contributed by atoms with Crippen molar-refractivity contribution in [1.82, 2.24) is 4.57 Å². The summed E-state index contributed by atoms with van der Waals surface area (Å²) in [6.45, 7) is 0.370. The zero-order chi connectivity index (χ0) is 17.3. The number of rotatable bonds is 4. The van der Waals surface area contributed by atoms with Crippen LogP contribution >= 0.6 is 0 Å². The first-order valence-corrected chi connectivity index (χ1v) is 8.72. The second-order valence-corrected chi connectivity index (χ2v) is 6.93. The number of pyridine rings is 1. The number of nitrogens with zero attached hydrogens (tertiary/aromatic N) is 1. The third-order valence-corrected chi connectivity index (χ3v) is 4.70. The highest BCUT2D eigenvalue weighted by atomic mass is 32.2. The van der Waals surface area contributed by atoms with Crippen LogP contribution in [0.25, 0.3) is 10.9 Å². The third kappa shape index (κ3) is 3.17. The van der Waals surface area contributed by atoms with Crippen molar-refractivity contribution in [2.45, 2.75) is 11.4 Å². The lowest BCUT2D eigenvalue weighted by molar-refractivity contribution is 0.414. The molecule has 0 spiro atoms. The number of nitrogens with two attached hydrogens (primary N) is 1. The van der Waals surface area contributed by atoms with E-state index in [1.165, 1.54) is 18.2 Å². The monoisotopic (exact) mass is 344 g/mol. The molecule has 6 nitrogen and oxygen atoms in total. The Kier molecular flexibility index (Phi) is 4.13. The van der Waals surface area contributed by atoms with Gasteiger partial charge in [-0.05, 0) is 47.3 Å². The Labute approximate surface area is 139 Å². The fraction of sp³-hybridized carbons (Fsp3) is 0.118. The van der Waals surface area contributed by atoms with Gasteiger partial charge in [0.1, 0.15) is 5.75 Å². The van der Waals surface area contributed by atoms with Crippen molar-refractivity contribution in [2.24, 2.45) is 5.14 Å². The summed E-state index contributed by atoms with van der Waals surface area (Å²) in [4.78, 5) is 12.3. The molecule has 0 atom stereocenters. The molecule has 24 heavy (non-hydrogen) atoms. The van der Waals surface area contributed by atoms with Crippen molar-refractivity contribution >= 4 is 20.9 Å². The van der Waals surface area contributed by atoms with Crippen LogP contribution in [0, 0.1) is 0 Å². The first kappa shape index (κ1) is 16.2. The van der Waals surface area contributed by atoms with Crippen LogP contribution in [0.2, 0.25) is 0 Å². The minimum atomic E-state index is -3.79. The van der Waals surface area contributed by atoms with Crippen LogP contribution in [0.5, 0.6) is 5.75 Å². The number of sulfonamides is 1. The molecular formula is C17H16N2O4S. The van der Waals surface area contributed by atoms with Crippen LogP contribution in [-0.4, -0.2) is 20.1 Å². The normalized spacial score (nSPS) is 11.6. The van der Waals surface area contributed by atoms with Crippen molar-refractivity contribution in [2.75, 3.05) is 7.11 Å². The summed E-state index contributed by atoms with van der Waals surface area (Å²) in [5, 5.41) is 5.79. The first-order chi connectivity index (χ1) is 11.4. The maximum Gasteiger partial charge on any atom is 0.251 e. The zero-order valence-electron chi connectivity index (χ0n) is 13.0. The average molecular weight is 344 g/mol. The lowest BCUT2D eigenvalue weighted by Gasteiger charge is -2.11. The van der Waals surface area contributed by atoms with Gasteiger partial charge >= 0.3 is 0 Å². The number of methoxy groups -OCH3 is 1. The van der Waals surface area contributed by atoms with Gasteiger partial charge in [-0.25, -0.2) is 13.6 Å². The van der Waals surface area contributed by atoms with E-state index in [9.17, 15) is 13.2 Å². The molecular weight excluding hydrogens is 328 g/mol. The molecule has 3 aromatic rings. The van der Waals surface area contributed by atoms with E-state index >= 15 is 0 Å². The van der Waals surface area contributed by atoms with Crippen molar-refractivity contribution in [3.8, 4) is 5.75 Å². The maximum atomic E-state index is 12.2. The molecule has 3 rings (SSSR count). The quantitative estimate of drug-likeness (QED) is 0.780. The minimum Gasteiger partial charge on any atom is -0.497 e. The van der Waals surface area contributed by atoms with E-state index in [2.05, 4.69) is 0 Å². The molecule has 0 amide bonds. The standard InChI is InChI=1S/C17H16N2O4S/c1-23-14-5-2-12(3-6-14)11-19-16-8-7-15(24(18,21)22)10-13(16)4-9-17(19)20/h2-10H,11H2,1H3,(H2,18,21,22). The van der Waals surface area contributed by atoms with E-state index in [4.69, 9.17) is 9.88 Å². The van der Waals surface area contributed by atoms with Gasteiger partial charge in [0.15, 0.2) is 0 Å². The summed E-state index contributed by atoms with van der Waals surface area (Å²) >= 11 is 0. The predicted octanol–water partition coefficient (Wildman–Crippen LogP) is 1.71. The van der Waals surface area contributed by atoms with Gasteiger partial charge in [0.05, 0.1) is 24.1 Å². The summed E-state index contributed by atoms with van der Waals surface area (Å²) in [5.74, 6) is 0.738. The van der Waals surface area contributed by atoms with Gasteiger partial charge in [-0.15, -0.1) is 0 Å². The molecule has 0 radical (unpaired) electrons. The van der Waals surface area contributed by atoms with Gasteiger partial charge in [0.2, 0.25) is 10.0 Å². The molecule has 124 valence electrons. The Morgan fingerprint density at radius 1 is 1.04 bits per heavy atom. The highest BCUT2D eigenvalue weighted by molar-refractivity contribution is 7.89. The van der Waals surface area contributed by atoms with Crippen LogP contribution in [0.1, 0.15) is 5.56 Å². The molecule has 0 aliphatic carbocycles. The molecule has 1 aromatic heterocycles. The summed E-state index contributed by atoms with van der Waals surface area (Å²) < 4.78 is 29.7. The van der Waals surface area contributed by atoms with Crippen LogP contribution in [0.3, 0.4) is 0 Å². The van der Waals surface area contributed by atoms with Crippen molar-refractivity contribution in [3.63, 3.8) is 0 Å². The SMILES string of the molecule is COc1ccc(Cn2c(=O)ccc3cc(S(N)(=O)=O)ccc32)cc1. The zero-order valence-corrected chi connectivity index (χ0v) is 13.8. The molecule has 0 aliphatic rings. The molecule has 0 saturated carbocycles. The Bertz CT molecular complexity index is 1050. The second kappa shape index (κ2) is 6.10. The lowest BCUT2D eigenvalue weighted by Crippen LogP contribution is -2.20. The molecule has 7 heteroatoms. The highest BCUT2D eigenvalue weighted by Gasteiger charge is 2.10. The summed E-state index contributed by atoms with van der Waals surface area (Å²) in [6.07, 6.45) is 0. The third-order valence-electron chi connectivity index (χ3n) is 3.79. The van der Waals surface area contributed by atoms with E-state index in [0.29, 0.717) is 17.4 Å². The van der Waals surface area contributed by atoms with Gasteiger partial charge in [0, 0.05) is 6.07 Å². The average Bonchev–Trinajstić information content (AvgIpc) is 2.57. The van der Waals surface area contributed by atoms with E-state index in [1.54, 1.807) is 23.8 Å².